The summed E-state index contributed by atoms with van der Waals surface area (Å²) in [4.78, 5) is 4.64. The van der Waals surface area contributed by atoms with Crippen molar-refractivity contribution in [2.75, 3.05) is 16.9 Å². The number of para-hydroxylation sites is 2. The second-order valence-corrected chi connectivity index (χ2v) is 14.0. The van der Waals surface area contributed by atoms with Gasteiger partial charge in [0.2, 0.25) is 0 Å². The van der Waals surface area contributed by atoms with Gasteiger partial charge in [0.25, 0.3) is 0 Å². The smallest absolute Gasteiger partial charge is 0.119 e. The Kier molecular flexibility index (Phi) is 9.03. The monoisotopic (exact) mass is 708 g/mol. The van der Waals surface area contributed by atoms with Crippen molar-refractivity contribution in [3.8, 4) is 5.75 Å². The number of benzene rings is 9. The Bertz CT molecular complexity index is 2810. The van der Waals surface area contributed by atoms with Crippen LogP contribution < -0.4 is 14.5 Å². The number of hydrogen-bond acceptors (Lipinski definition) is 3. The summed E-state index contributed by atoms with van der Waals surface area (Å²) in [6.07, 6.45) is 4.38. The summed E-state index contributed by atoms with van der Waals surface area (Å²) >= 11 is 0. The van der Waals surface area contributed by atoms with Crippen LogP contribution in [0, 0.1) is 6.92 Å². The Labute approximate surface area is 322 Å². The van der Waals surface area contributed by atoms with Crippen LogP contribution in [0.15, 0.2) is 194 Å². The van der Waals surface area contributed by atoms with Crippen LogP contribution in [0.1, 0.15) is 16.7 Å². The van der Waals surface area contributed by atoms with Crippen LogP contribution in [0.4, 0.5) is 34.1 Å². The summed E-state index contributed by atoms with van der Waals surface area (Å²) in [7, 11) is 1.71. The van der Waals surface area contributed by atoms with Gasteiger partial charge < -0.3 is 14.5 Å². The van der Waals surface area contributed by atoms with E-state index in [1.165, 1.54) is 32.5 Å². The highest BCUT2D eigenvalue weighted by atomic mass is 16.5. The number of ether oxygens (including phenoxy) is 1. The van der Waals surface area contributed by atoms with Crippen LogP contribution in [0.2, 0.25) is 0 Å². The lowest BCUT2D eigenvalue weighted by atomic mass is 10.0. The predicted octanol–water partition coefficient (Wildman–Crippen LogP) is 14.6. The van der Waals surface area contributed by atoms with Gasteiger partial charge in [0, 0.05) is 34.1 Å². The van der Waals surface area contributed by atoms with E-state index in [2.05, 4.69) is 217 Å². The third-order valence-corrected chi connectivity index (χ3v) is 10.3. The van der Waals surface area contributed by atoms with Crippen LogP contribution in [-0.2, 0) is 0 Å². The average molecular weight is 709 g/mol. The maximum atomic E-state index is 5.45. The first-order valence-corrected chi connectivity index (χ1v) is 18.7. The second kappa shape index (κ2) is 14.7. The fourth-order valence-corrected chi connectivity index (χ4v) is 7.44. The molecule has 55 heavy (non-hydrogen) atoms. The van der Waals surface area contributed by atoms with Crippen molar-refractivity contribution >= 4 is 78.6 Å². The van der Waals surface area contributed by atoms with Gasteiger partial charge in [-0.25, -0.2) is 0 Å². The fourth-order valence-electron chi connectivity index (χ4n) is 7.44. The fraction of sp³-hybridized carbons (Fsp3) is 0.0385. The van der Waals surface area contributed by atoms with Crippen LogP contribution in [0.5, 0.6) is 5.75 Å². The van der Waals surface area contributed by atoms with E-state index in [0.717, 1.165) is 56.4 Å². The van der Waals surface area contributed by atoms with E-state index in [4.69, 9.17) is 4.74 Å². The van der Waals surface area contributed by atoms with E-state index in [1.807, 2.05) is 6.07 Å². The van der Waals surface area contributed by atoms with Crippen molar-refractivity contribution in [1.29, 1.82) is 0 Å². The van der Waals surface area contributed by atoms with E-state index in [-0.39, 0.29) is 0 Å². The van der Waals surface area contributed by atoms with Crippen molar-refractivity contribution < 1.29 is 4.74 Å². The Morgan fingerprint density at radius 1 is 0.345 bits per heavy atom. The summed E-state index contributed by atoms with van der Waals surface area (Å²) in [6.45, 7) is 2.14. The van der Waals surface area contributed by atoms with Gasteiger partial charge in [0.1, 0.15) is 5.75 Å². The van der Waals surface area contributed by atoms with Gasteiger partial charge in [-0.2, -0.15) is 0 Å². The maximum Gasteiger partial charge on any atom is 0.119 e. The van der Waals surface area contributed by atoms with E-state index >= 15 is 0 Å². The summed E-state index contributed by atoms with van der Waals surface area (Å²) in [5.41, 5.74) is 10.3. The SMILES string of the molecule is COc1ccc2cc(N(c3ccccc3)c3ccc(/C=C/c4ccc5cc(N(c6ccccc6)c6ccc7cc(C)ccc7c6)ccc5c4)cc3)ccc2c1. The number of fused-ring (bicyclic) bond motifs is 3. The molecule has 0 fully saturated rings. The van der Waals surface area contributed by atoms with Gasteiger partial charge in [0.15, 0.2) is 0 Å². The Morgan fingerprint density at radius 3 is 1.33 bits per heavy atom. The molecule has 0 unspecified atom stereocenters. The van der Waals surface area contributed by atoms with Gasteiger partial charge >= 0.3 is 0 Å². The largest absolute Gasteiger partial charge is 0.497 e. The first kappa shape index (κ1) is 33.7. The average Bonchev–Trinajstić information content (AvgIpc) is 3.24. The van der Waals surface area contributed by atoms with Gasteiger partial charge in [-0.1, -0.05) is 121 Å². The summed E-state index contributed by atoms with van der Waals surface area (Å²) in [5.74, 6) is 0.861. The number of nitrogens with zero attached hydrogens (tertiary/aromatic N) is 2. The molecule has 9 aromatic rings. The zero-order valence-corrected chi connectivity index (χ0v) is 30.9. The standard InChI is InChI=1S/C52H40N2O/c1-37-13-19-42-33-50(27-21-40(42)31-37)54(47-11-7-4-8-12-47)51-28-22-41-32-39(16-20-43(41)34-51)15-14-38-17-25-48(26-18-38)53(46-9-5-3-6-10-46)49-29-23-45-36-52(55-2)30-24-44(45)35-49/h3-36H,1-2H3/b15-14+. The molecule has 0 amide bonds. The molecule has 9 rings (SSSR count). The van der Waals surface area contributed by atoms with E-state index in [1.54, 1.807) is 7.11 Å². The highest BCUT2D eigenvalue weighted by Gasteiger charge is 2.15. The van der Waals surface area contributed by atoms with Gasteiger partial charge in [-0.3, -0.25) is 0 Å². The Hall–Kier alpha value is -7.10. The highest BCUT2D eigenvalue weighted by Crippen LogP contribution is 2.39. The lowest BCUT2D eigenvalue weighted by molar-refractivity contribution is 0.415. The lowest BCUT2D eigenvalue weighted by Crippen LogP contribution is -2.09. The Balaban J connectivity index is 0.983. The molecular formula is C52H40N2O. The molecule has 0 atom stereocenters. The van der Waals surface area contributed by atoms with Crippen molar-refractivity contribution in [3.05, 3.63) is 211 Å². The lowest BCUT2D eigenvalue weighted by Gasteiger charge is -2.26. The molecule has 0 heterocycles. The molecule has 3 heteroatoms. The third-order valence-electron chi connectivity index (χ3n) is 10.3. The first-order valence-electron chi connectivity index (χ1n) is 18.7. The van der Waals surface area contributed by atoms with Gasteiger partial charge in [0.05, 0.1) is 7.11 Å². The Morgan fingerprint density at radius 2 is 0.745 bits per heavy atom. The van der Waals surface area contributed by atoms with Crippen molar-refractivity contribution in [3.63, 3.8) is 0 Å². The van der Waals surface area contributed by atoms with Crippen LogP contribution in [-0.4, -0.2) is 7.11 Å². The maximum absolute atomic E-state index is 5.45. The summed E-state index contributed by atoms with van der Waals surface area (Å²) < 4.78 is 5.45. The molecule has 9 aromatic carbocycles. The quantitative estimate of drug-likeness (QED) is 0.139. The zero-order chi connectivity index (χ0) is 37.1. The molecule has 0 aliphatic rings. The highest BCUT2D eigenvalue weighted by molar-refractivity contribution is 5.94. The normalized spacial score (nSPS) is 11.4. The number of rotatable bonds is 9. The number of hydrogen-bond donors (Lipinski definition) is 0. The van der Waals surface area contributed by atoms with Crippen molar-refractivity contribution in [2.24, 2.45) is 0 Å². The van der Waals surface area contributed by atoms with Crippen LogP contribution in [0.25, 0.3) is 44.5 Å². The molecule has 0 saturated carbocycles. The molecule has 0 radical (unpaired) electrons. The van der Waals surface area contributed by atoms with Gasteiger partial charge in [-0.15, -0.1) is 0 Å². The number of methoxy groups -OCH3 is 1. The topological polar surface area (TPSA) is 15.7 Å². The van der Waals surface area contributed by atoms with Crippen LogP contribution in [0.3, 0.4) is 0 Å². The molecule has 0 aliphatic carbocycles. The molecule has 264 valence electrons. The number of aryl methyl sites for hydroxylation is 1. The molecule has 0 bridgehead atoms. The van der Waals surface area contributed by atoms with Gasteiger partial charge in [-0.05, 0) is 141 Å². The van der Waals surface area contributed by atoms with E-state index in [9.17, 15) is 0 Å². The first-order chi connectivity index (χ1) is 27.1. The molecule has 0 spiro atoms. The molecule has 0 saturated heterocycles. The predicted molar refractivity (Wildman–Crippen MR) is 235 cm³/mol. The van der Waals surface area contributed by atoms with Crippen molar-refractivity contribution in [1.82, 2.24) is 0 Å². The molecule has 0 aromatic heterocycles. The van der Waals surface area contributed by atoms with E-state index in [0.29, 0.717) is 0 Å². The van der Waals surface area contributed by atoms with Crippen LogP contribution >= 0.6 is 0 Å². The summed E-state index contributed by atoms with van der Waals surface area (Å²) in [5, 5.41) is 7.20. The number of anilines is 6. The summed E-state index contributed by atoms with van der Waals surface area (Å²) in [6, 6.07) is 69.5. The molecule has 0 N–H and O–H groups in total. The minimum absolute atomic E-state index is 0.861. The molecule has 3 nitrogen and oxygen atoms in total. The minimum atomic E-state index is 0.861. The third kappa shape index (κ3) is 7.04. The van der Waals surface area contributed by atoms with Crippen molar-refractivity contribution in [2.45, 2.75) is 6.92 Å². The second-order valence-electron chi connectivity index (χ2n) is 14.0. The molecular weight excluding hydrogens is 669 g/mol. The zero-order valence-electron chi connectivity index (χ0n) is 30.9. The molecule has 0 aliphatic heterocycles. The minimum Gasteiger partial charge on any atom is -0.497 e. The van der Waals surface area contributed by atoms with E-state index < -0.39 is 0 Å².